The van der Waals surface area contributed by atoms with E-state index in [9.17, 15) is 14.7 Å². The second-order valence-corrected chi connectivity index (χ2v) is 11.7. The van der Waals surface area contributed by atoms with E-state index in [1.165, 1.54) is 20.0 Å². The first-order valence-electron chi connectivity index (χ1n) is 12.6. The number of carbonyl (C=O) groups excluding carboxylic acids is 2. The number of allylic oxidation sites excluding steroid dienone is 2. The van der Waals surface area contributed by atoms with Crippen LogP contribution in [0.2, 0.25) is 0 Å². The molecule has 0 bridgehead atoms. The molecule has 3 unspecified atom stereocenters. The molecule has 4 fully saturated rings. The van der Waals surface area contributed by atoms with Crippen molar-refractivity contribution in [2.75, 3.05) is 7.11 Å². The number of methoxy groups -OCH3 is 1. The van der Waals surface area contributed by atoms with Gasteiger partial charge in [-0.15, -0.1) is 0 Å². The molecule has 4 saturated carbocycles. The highest BCUT2D eigenvalue weighted by Crippen LogP contribution is 2.68. The Morgan fingerprint density at radius 1 is 1.16 bits per heavy atom. The average Bonchev–Trinajstić information content (AvgIpc) is 3.10. The molecule has 0 aromatic rings. The summed E-state index contributed by atoms with van der Waals surface area (Å²) in [7, 11) is 1.47. The predicted molar refractivity (Wildman–Crippen MR) is 121 cm³/mol. The van der Waals surface area contributed by atoms with Crippen LogP contribution in [0.15, 0.2) is 11.6 Å². The highest BCUT2D eigenvalue weighted by molar-refractivity contribution is 5.99. The minimum atomic E-state index is -0.266. The molecule has 0 aromatic heterocycles. The summed E-state index contributed by atoms with van der Waals surface area (Å²) in [5, 5.41) is 10.4. The van der Waals surface area contributed by atoms with Crippen LogP contribution in [0.25, 0.3) is 0 Å². The standard InChI is InChI=1S/C27H42O4/c1-6-18-22-15-17(28)11-13-27(22,4)21-12-14-26(3)19(16(2)7-10-23(29)31-5)8-9-20(26)24(21)25(18)30/h6,16-17,19-22,24,28H,7-15H2,1-5H3/b18-6-/t16-,17-,19?,20+,21?,22+,24?,26-,27-/m1/s1. The Bertz CT molecular complexity index is 756. The van der Waals surface area contributed by atoms with E-state index < -0.39 is 0 Å². The van der Waals surface area contributed by atoms with Gasteiger partial charge in [-0.3, -0.25) is 9.59 Å². The van der Waals surface area contributed by atoms with Crippen LogP contribution in [0.1, 0.15) is 85.5 Å². The van der Waals surface area contributed by atoms with Crippen molar-refractivity contribution < 1.29 is 19.4 Å². The van der Waals surface area contributed by atoms with E-state index in [4.69, 9.17) is 4.74 Å². The fourth-order valence-electron chi connectivity index (χ4n) is 8.81. The number of fused-ring (bicyclic) bond motifs is 5. The first kappa shape index (κ1) is 23.0. The van der Waals surface area contributed by atoms with Crippen LogP contribution in [0.3, 0.4) is 0 Å². The molecule has 4 aliphatic carbocycles. The summed E-state index contributed by atoms with van der Waals surface area (Å²) in [6, 6.07) is 0. The lowest BCUT2D eigenvalue weighted by Gasteiger charge is -2.61. The molecular weight excluding hydrogens is 388 g/mol. The predicted octanol–water partition coefficient (Wildman–Crippen LogP) is 5.33. The third kappa shape index (κ3) is 3.52. The smallest absolute Gasteiger partial charge is 0.305 e. The highest BCUT2D eigenvalue weighted by atomic mass is 16.5. The summed E-state index contributed by atoms with van der Waals surface area (Å²) < 4.78 is 4.87. The lowest BCUT2D eigenvalue weighted by Crippen LogP contribution is -2.58. The minimum absolute atomic E-state index is 0.117. The number of hydrogen-bond donors (Lipinski definition) is 1. The molecule has 9 atom stereocenters. The van der Waals surface area contributed by atoms with Crippen molar-refractivity contribution in [2.45, 2.75) is 91.6 Å². The van der Waals surface area contributed by atoms with E-state index in [-0.39, 0.29) is 34.7 Å². The number of ether oxygens (including phenoxy) is 1. The van der Waals surface area contributed by atoms with Crippen molar-refractivity contribution >= 4 is 11.8 Å². The number of esters is 1. The normalized spacial score (nSPS) is 46.8. The van der Waals surface area contributed by atoms with Gasteiger partial charge >= 0.3 is 5.97 Å². The molecule has 0 spiro atoms. The largest absolute Gasteiger partial charge is 0.469 e. The first-order valence-corrected chi connectivity index (χ1v) is 12.6. The Hall–Kier alpha value is -1.16. The van der Waals surface area contributed by atoms with Gasteiger partial charge in [-0.25, -0.2) is 0 Å². The Kier molecular flexibility index (Phi) is 6.17. The summed E-state index contributed by atoms with van der Waals surface area (Å²) in [4.78, 5) is 25.6. The van der Waals surface area contributed by atoms with E-state index in [2.05, 4.69) is 26.8 Å². The van der Waals surface area contributed by atoms with Gasteiger partial charge in [-0.2, -0.15) is 0 Å². The molecular formula is C27H42O4. The van der Waals surface area contributed by atoms with Crippen molar-refractivity contribution in [3.63, 3.8) is 0 Å². The van der Waals surface area contributed by atoms with E-state index in [1.807, 2.05) is 6.92 Å². The Morgan fingerprint density at radius 3 is 2.52 bits per heavy atom. The maximum atomic E-state index is 13.9. The molecule has 174 valence electrons. The van der Waals surface area contributed by atoms with Crippen molar-refractivity contribution in [1.82, 2.24) is 0 Å². The number of Topliss-reactive ketones (excluding diaryl/α,β-unsaturated/α-hetero) is 1. The SMILES string of the molecule is C/C=C1\C(=O)C2C(CC[C@]3(C)C([C@H](C)CCC(=O)OC)CC[C@@H]23)[C@@]2(C)CC[C@@H](O)C[C@@H]12. The van der Waals surface area contributed by atoms with Crippen LogP contribution in [0.4, 0.5) is 0 Å². The fraction of sp³-hybridized carbons (Fsp3) is 0.852. The van der Waals surface area contributed by atoms with E-state index >= 15 is 0 Å². The average molecular weight is 431 g/mol. The van der Waals surface area contributed by atoms with Gasteiger partial charge in [0.25, 0.3) is 0 Å². The van der Waals surface area contributed by atoms with Gasteiger partial charge in [0.2, 0.25) is 0 Å². The second-order valence-electron chi connectivity index (χ2n) is 11.7. The maximum Gasteiger partial charge on any atom is 0.305 e. The lowest BCUT2D eigenvalue weighted by atomic mass is 9.43. The van der Waals surface area contributed by atoms with Crippen molar-refractivity contribution in [2.24, 2.45) is 46.3 Å². The third-order valence-corrected chi connectivity index (χ3v) is 10.5. The molecule has 1 N–H and O–H groups in total. The molecule has 0 heterocycles. The first-order chi connectivity index (χ1) is 14.7. The Morgan fingerprint density at radius 2 is 1.84 bits per heavy atom. The molecule has 4 heteroatoms. The maximum absolute atomic E-state index is 13.9. The lowest BCUT2D eigenvalue weighted by molar-refractivity contribution is -0.150. The van der Waals surface area contributed by atoms with Crippen LogP contribution >= 0.6 is 0 Å². The van der Waals surface area contributed by atoms with Gasteiger partial charge in [0.05, 0.1) is 13.2 Å². The topological polar surface area (TPSA) is 63.6 Å². The van der Waals surface area contributed by atoms with Gasteiger partial charge in [0.1, 0.15) is 0 Å². The fourth-order valence-corrected chi connectivity index (χ4v) is 8.81. The van der Waals surface area contributed by atoms with Gasteiger partial charge < -0.3 is 9.84 Å². The number of ketones is 1. The van der Waals surface area contributed by atoms with Crippen molar-refractivity contribution in [3.05, 3.63) is 11.6 Å². The zero-order valence-corrected chi connectivity index (χ0v) is 20.2. The van der Waals surface area contributed by atoms with E-state index in [1.54, 1.807) is 0 Å². The second kappa shape index (κ2) is 8.32. The van der Waals surface area contributed by atoms with Crippen LogP contribution in [-0.4, -0.2) is 30.1 Å². The molecule has 0 aliphatic heterocycles. The quantitative estimate of drug-likeness (QED) is 0.484. The molecule has 4 nitrogen and oxygen atoms in total. The Labute approximate surface area is 188 Å². The number of rotatable bonds is 4. The number of hydrogen-bond acceptors (Lipinski definition) is 4. The van der Waals surface area contributed by atoms with Gasteiger partial charge in [-0.1, -0.05) is 26.8 Å². The molecule has 0 aromatic carbocycles. The Balaban J connectivity index is 1.61. The van der Waals surface area contributed by atoms with Crippen molar-refractivity contribution in [3.8, 4) is 0 Å². The van der Waals surface area contributed by atoms with Crippen LogP contribution < -0.4 is 0 Å². The third-order valence-electron chi connectivity index (χ3n) is 10.5. The zero-order valence-electron chi connectivity index (χ0n) is 20.2. The minimum Gasteiger partial charge on any atom is -0.469 e. The molecule has 31 heavy (non-hydrogen) atoms. The zero-order chi connectivity index (χ0) is 22.6. The summed E-state index contributed by atoms with van der Waals surface area (Å²) in [5.41, 5.74) is 1.33. The van der Waals surface area contributed by atoms with Crippen LogP contribution in [0.5, 0.6) is 0 Å². The van der Waals surface area contributed by atoms with E-state index in [0.717, 1.165) is 44.1 Å². The summed E-state index contributed by atoms with van der Waals surface area (Å²) >= 11 is 0. The molecule has 0 radical (unpaired) electrons. The highest BCUT2D eigenvalue weighted by Gasteiger charge is 2.64. The van der Waals surface area contributed by atoms with E-state index in [0.29, 0.717) is 35.9 Å². The van der Waals surface area contributed by atoms with Gasteiger partial charge in [0, 0.05) is 12.3 Å². The summed E-state index contributed by atoms with van der Waals surface area (Å²) in [5.74, 6) is 2.57. The van der Waals surface area contributed by atoms with Crippen LogP contribution in [-0.2, 0) is 14.3 Å². The summed E-state index contributed by atoms with van der Waals surface area (Å²) in [6.45, 7) is 9.18. The number of carbonyl (C=O) groups is 2. The van der Waals surface area contributed by atoms with Gasteiger partial charge in [0.15, 0.2) is 5.78 Å². The molecule has 4 rings (SSSR count). The monoisotopic (exact) mass is 430 g/mol. The summed E-state index contributed by atoms with van der Waals surface area (Å²) in [6.07, 6.45) is 10.4. The van der Waals surface area contributed by atoms with Crippen LogP contribution in [0, 0.1) is 46.3 Å². The molecule has 0 saturated heterocycles. The van der Waals surface area contributed by atoms with Crippen molar-refractivity contribution in [1.29, 1.82) is 0 Å². The number of aliphatic hydroxyl groups is 1. The molecule has 4 aliphatic rings. The number of aliphatic hydroxyl groups excluding tert-OH is 1. The molecule has 0 amide bonds. The van der Waals surface area contributed by atoms with Gasteiger partial charge in [-0.05, 0) is 104 Å².